The van der Waals surface area contributed by atoms with Crippen LogP contribution in [0.25, 0.3) is 22.1 Å². The second kappa shape index (κ2) is 23.1. The van der Waals surface area contributed by atoms with Gasteiger partial charge in [0, 0.05) is 56.2 Å². The monoisotopic (exact) mass is 947 g/mol. The number of aromatic nitrogens is 8. The van der Waals surface area contributed by atoms with Gasteiger partial charge in [-0.25, -0.2) is 14.8 Å². The Bertz CT molecular complexity index is 3020. The molecular formula is C46H57N15O8. The number of primary amides is 2. The van der Waals surface area contributed by atoms with Gasteiger partial charge in [0.25, 0.3) is 11.8 Å². The number of aromatic carboxylic acids is 1. The molecule has 0 saturated heterocycles. The summed E-state index contributed by atoms with van der Waals surface area (Å²) in [7, 11) is 3.03. The summed E-state index contributed by atoms with van der Waals surface area (Å²) in [5.41, 5.74) is 20.6. The molecule has 6 aromatic rings. The predicted octanol–water partition coefficient (Wildman–Crippen LogP) is 4.49. The number of ether oxygens (including phenoxy) is 2. The van der Waals surface area contributed by atoms with Crippen molar-refractivity contribution in [2.75, 3.05) is 43.3 Å². The maximum absolute atomic E-state index is 13.7. The van der Waals surface area contributed by atoms with E-state index in [0.717, 1.165) is 0 Å². The van der Waals surface area contributed by atoms with Crippen LogP contribution in [0.2, 0.25) is 0 Å². The zero-order valence-corrected chi connectivity index (χ0v) is 39.7. The van der Waals surface area contributed by atoms with Crippen LogP contribution in [-0.2, 0) is 31.0 Å². The third-order valence-corrected chi connectivity index (χ3v) is 9.98. The fourth-order valence-electron chi connectivity index (χ4n) is 7.03. The Kier molecular flexibility index (Phi) is 17.2. The van der Waals surface area contributed by atoms with Gasteiger partial charge in [0.05, 0.1) is 36.1 Å². The van der Waals surface area contributed by atoms with Gasteiger partial charge in [-0.05, 0) is 70.2 Å². The first-order valence-electron chi connectivity index (χ1n) is 21.9. The van der Waals surface area contributed by atoms with Crippen LogP contribution >= 0.6 is 0 Å². The largest absolute Gasteiger partial charge is 0.494 e. The summed E-state index contributed by atoms with van der Waals surface area (Å²) >= 11 is 0. The van der Waals surface area contributed by atoms with Gasteiger partial charge in [0.15, 0.2) is 5.69 Å². The SMILES string of the molecule is CC.CCN=C(/C=C(/C)N)C(=O)Nc1nc2cc(C(N)=O)cc(OC/C=C/Cn3cc(NC)c(C(=O)O)n3)c2n1C/C=C/Cn1c(NC(=O)c2cc(C)nn2CC)nc2cc(C(N)=O)cc(OC)c21. The molecule has 4 amide bonds. The maximum Gasteiger partial charge on any atom is 0.358 e. The number of carboxylic acids is 1. The number of hydrogen-bond acceptors (Lipinski definition) is 14. The number of rotatable bonds is 21. The molecule has 4 heterocycles. The second-order valence-corrected chi connectivity index (χ2v) is 14.8. The number of benzene rings is 2. The lowest BCUT2D eigenvalue weighted by molar-refractivity contribution is -0.110. The third kappa shape index (κ3) is 12.0. The van der Waals surface area contributed by atoms with Crippen LogP contribution in [-0.4, -0.2) is 106 Å². The highest BCUT2D eigenvalue weighted by Crippen LogP contribution is 2.33. The first-order valence-corrected chi connectivity index (χ1v) is 21.9. The average molecular weight is 948 g/mol. The molecule has 0 bridgehead atoms. The summed E-state index contributed by atoms with van der Waals surface area (Å²) < 4.78 is 18.3. The number of carboxylic acid groups (broad SMARTS) is 1. The fourth-order valence-corrected chi connectivity index (χ4v) is 7.03. The normalized spacial score (nSPS) is 11.8. The van der Waals surface area contributed by atoms with Crippen molar-refractivity contribution in [2.24, 2.45) is 22.2 Å². The predicted molar refractivity (Wildman–Crippen MR) is 262 cm³/mol. The number of fused-ring (bicyclic) bond motifs is 2. The zero-order chi connectivity index (χ0) is 50.5. The number of allylic oxidation sites excluding steroid dienone is 4. The average Bonchev–Trinajstić information content (AvgIpc) is 4.10. The number of hydrogen-bond donors (Lipinski definition) is 7. The number of nitrogens with one attached hydrogen (secondary N) is 3. The van der Waals surface area contributed by atoms with Gasteiger partial charge in [-0.3, -0.25) is 44.2 Å². The first-order chi connectivity index (χ1) is 33.1. The summed E-state index contributed by atoms with van der Waals surface area (Å²) in [6.07, 6.45) is 9.97. The minimum absolute atomic E-state index is 0.0139. The number of carbonyl (C=O) groups is 5. The molecule has 0 saturated carbocycles. The van der Waals surface area contributed by atoms with E-state index in [2.05, 4.69) is 36.1 Å². The van der Waals surface area contributed by atoms with Gasteiger partial charge in [0.2, 0.25) is 23.7 Å². The minimum Gasteiger partial charge on any atom is -0.494 e. The highest BCUT2D eigenvalue weighted by molar-refractivity contribution is 6.47. The van der Waals surface area contributed by atoms with Crippen LogP contribution in [0, 0.1) is 6.92 Å². The summed E-state index contributed by atoms with van der Waals surface area (Å²) in [5, 5.41) is 26.5. The van der Waals surface area contributed by atoms with Gasteiger partial charge >= 0.3 is 5.97 Å². The molecule has 0 unspecified atom stereocenters. The van der Waals surface area contributed by atoms with Crippen LogP contribution in [0.4, 0.5) is 17.6 Å². The Labute approximate surface area is 396 Å². The molecule has 10 N–H and O–H groups in total. The van der Waals surface area contributed by atoms with E-state index >= 15 is 0 Å². The Balaban J connectivity index is 0.00000438. The molecule has 0 fully saturated rings. The van der Waals surface area contributed by atoms with Crippen molar-refractivity contribution in [3.8, 4) is 11.5 Å². The number of aliphatic imine (C=N–C) groups is 1. The van der Waals surface area contributed by atoms with Gasteiger partial charge in [0.1, 0.15) is 40.5 Å². The van der Waals surface area contributed by atoms with E-state index in [1.54, 1.807) is 78.2 Å². The van der Waals surface area contributed by atoms with Crippen LogP contribution in [0.5, 0.6) is 11.5 Å². The molecule has 0 spiro atoms. The van der Waals surface area contributed by atoms with Crippen LogP contribution in [0.1, 0.15) is 82.0 Å². The van der Waals surface area contributed by atoms with Crippen molar-refractivity contribution in [3.05, 3.63) is 101 Å². The van der Waals surface area contributed by atoms with Crippen LogP contribution < -0.4 is 42.6 Å². The highest BCUT2D eigenvalue weighted by Gasteiger charge is 2.23. The van der Waals surface area contributed by atoms with Gasteiger partial charge in [-0.1, -0.05) is 32.1 Å². The first kappa shape index (κ1) is 51.2. The molecule has 0 radical (unpaired) electrons. The number of aryl methyl sites for hydroxylation is 2. The zero-order valence-electron chi connectivity index (χ0n) is 39.7. The van der Waals surface area contributed by atoms with Crippen LogP contribution in [0.15, 0.2) is 77.6 Å². The van der Waals surface area contributed by atoms with E-state index in [1.807, 2.05) is 20.8 Å². The lowest BCUT2D eigenvalue weighted by Gasteiger charge is -2.13. The van der Waals surface area contributed by atoms with Crippen molar-refractivity contribution >= 4 is 75.0 Å². The summed E-state index contributed by atoms with van der Waals surface area (Å²) in [6.45, 7) is 12.1. The molecule has 364 valence electrons. The number of amides is 4. The van der Waals surface area contributed by atoms with Gasteiger partial charge < -0.3 is 46.2 Å². The molecule has 69 heavy (non-hydrogen) atoms. The molecular weight excluding hydrogens is 891 g/mol. The number of imidazole rings is 2. The lowest BCUT2D eigenvalue weighted by atomic mass is 10.1. The summed E-state index contributed by atoms with van der Waals surface area (Å²) in [4.78, 5) is 77.5. The molecule has 6 rings (SSSR count). The summed E-state index contributed by atoms with van der Waals surface area (Å²) in [6, 6.07) is 7.59. The highest BCUT2D eigenvalue weighted by atomic mass is 16.5. The third-order valence-electron chi connectivity index (χ3n) is 9.98. The number of nitrogens with zero attached hydrogens (tertiary/aromatic N) is 9. The Morgan fingerprint density at radius 1 is 0.812 bits per heavy atom. The van der Waals surface area contributed by atoms with Crippen molar-refractivity contribution in [2.45, 2.75) is 67.7 Å². The Hall–Kier alpha value is -8.76. The minimum atomic E-state index is -1.17. The Morgan fingerprint density at radius 2 is 1.39 bits per heavy atom. The fraction of sp³-hybridized carbons (Fsp3) is 0.304. The molecule has 0 aliphatic rings. The molecule has 0 aliphatic carbocycles. The molecule has 23 heteroatoms. The molecule has 0 aliphatic heterocycles. The molecule has 2 aromatic carbocycles. The smallest absolute Gasteiger partial charge is 0.358 e. The molecule has 4 aromatic heterocycles. The standard InChI is InChI=1S/C44H51N15O8.C2H6/c1-7-49-30(17-24(3)45)40(62)52-43-51-29-20-27(39(47)61)22-34(67-16-12-11-13-56-23-31(48-5)35(55-56)42(64)65)37(29)58(43)15-10-9-14-57-36-28(19-26(38(46)60)21-33(36)66-6)50-44(57)53-41(63)32-18-25(4)54-59(32)8-2;1-2/h9-12,17-23,48H,7-8,13-16,45H2,1-6H3,(H2,46,60)(H2,47,61)(H,64,65)(H,50,53,63)(H,51,52,62);1-2H3/b10-9+,12-11+,24-17-,49-30?;. The van der Waals surface area contributed by atoms with Crippen LogP contribution in [0.3, 0.4) is 0 Å². The van der Waals surface area contributed by atoms with E-state index in [1.165, 1.54) is 42.1 Å². The van der Waals surface area contributed by atoms with Gasteiger partial charge in [-0.15, -0.1) is 0 Å². The molecule has 0 atom stereocenters. The van der Waals surface area contributed by atoms with E-state index in [9.17, 15) is 29.1 Å². The van der Waals surface area contributed by atoms with E-state index in [-0.39, 0.29) is 77.7 Å². The Morgan fingerprint density at radius 3 is 1.91 bits per heavy atom. The van der Waals surface area contributed by atoms with E-state index < -0.39 is 29.6 Å². The number of anilines is 3. The lowest BCUT2D eigenvalue weighted by Crippen LogP contribution is -2.24. The van der Waals surface area contributed by atoms with Crippen molar-refractivity contribution in [3.63, 3.8) is 0 Å². The van der Waals surface area contributed by atoms with E-state index in [4.69, 9.17) is 31.7 Å². The van der Waals surface area contributed by atoms with E-state index in [0.29, 0.717) is 52.4 Å². The van der Waals surface area contributed by atoms with Crippen molar-refractivity contribution in [1.29, 1.82) is 0 Å². The van der Waals surface area contributed by atoms with Crippen molar-refractivity contribution in [1.82, 2.24) is 38.7 Å². The number of methoxy groups -OCH3 is 1. The number of carbonyl (C=O) groups excluding carboxylic acids is 4. The summed E-state index contributed by atoms with van der Waals surface area (Å²) in [5.74, 6) is -3.02. The topological polar surface area (TPSA) is 322 Å². The van der Waals surface area contributed by atoms with Gasteiger partial charge in [-0.2, -0.15) is 10.2 Å². The molecule has 23 nitrogen and oxygen atoms in total. The number of nitrogens with two attached hydrogens (primary N) is 3. The van der Waals surface area contributed by atoms with Crippen molar-refractivity contribution < 1.29 is 38.6 Å². The maximum atomic E-state index is 13.7. The second-order valence-electron chi connectivity index (χ2n) is 14.8. The quantitative estimate of drug-likeness (QED) is 0.0387.